The summed E-state index contributed by atoms with van der Waals surface area (Å²) in [5.41, 5.74) is 0. The quantitative estimate of drug-likeness (QED) is 0.241. The van der Waals surface area contributed by atoms with Crippen molar-refractivity contribution in [2.75, 3.05) is 0 Å². The molecular weight excluding hydrogens is 414 g/mol. The van der Waals surface area contributed by atoms with E-state index in [-0.39, 0.29) is 17.2 Å². The van der Waals surface area contributed by atoms with Crippen molar-refractivity contribution in [3.8, 4) is 0 Å². The standard InChI is InChI=1S/C6H13I2O2Si2/c1-12(2,3)10-11-5-4-6(9)8-7/h4-5H2,1-3H3/q-1. The van der Waals surface area contributed by atoms with E-state index in [2.05, 4.69) is 38.3 Å². The number of halogens is 2. The Hall–Kier alpha value is 1.52. The van der Waals surface area contributed by atoms with Gasteiger partial charge in [0.25, 0.3) is 0 Å². The fraction of sp³-hybridized carbons (Fsp3) is 0.833. The Bertz CT molecular complexity index is 147. The van der Waals surface area contributed by atoms with Crippen LogP contribution >= 0.6 is 18.6 Å². The third kappa shape index (κ3) is 9.61. The van der Waals surface area contributed by atoms with Crippen LogP contribution in [0.5, 0.6) is 0 Å². The van der Waals surface area contributed by atoms with Gasteiger partial charge in [-0.2, -0.15) is 0 Å². The number of carbonyl (C=O) groups excluding carboxylic acids is 1. The summed E-state index contributed by atoms with van der Waals surface area (Å²) in [5, 5.41) is 0. The van der Waals surface area contributed by atoms with Gasteiger partial charge in [0.2, 0.25) is 0 Å². The van der Waals surface area contributed by atoms with Gasteiger partial charge in [0.05, 0.1) is 0 Å². The summed E-state index contributed by atoms with van der Waals surface area (Å²) in [5.74, 6) is 0. The Labute approximate surface area is 97.7 Å². The molecule has 0 spiro atoms. The normalized spacial score (nSPS) is 12.0. The molecule has 0 unspecified atom stereocenters. The van der Waals surface area contributed by atoms with Gasteiger partial charge in [-0.15, -0.1) is 0 Å². The van der Waals surface area contributed by atoms with Gasteiger partial charge in [-0.05, 0) is 0 Å². The molecule has 0 bridgehead atoms. The minimum absolute atomic E-state index is 0.211. The molecule has 0 aromatic rings. The molecule has 2 radical (unpaired) electrons. The van der Waals surface area contributed by atoms with Gasteiger partial charge in [-0.3, -0.25) is 0 Å². The number of rotatable bonds is 6. The Morgan fingerprint density at radius 3 is 2.58 bits per heavy atom. The number of hydrogen-bond donors (Lipinski definition) is 0. The van der Waals surface area contributed by atoms with E-state index in [1.54, 1.807) is 0 Å². The molecule has 0 aliphatic carbocycles. The summed E-state index contributed by atoms with van der Waals surface area (Å²) in [4.78, 5) is 10.9. The first-order chi connectivity index (χ1) is 5.45. The molecule has 0 rings (SSSR count). The third-order valence-electron chi connectivity index (χ3n) is 0.882. The van der Waals surface area contributed by atoms with Crippen molar-refractivity contribution >= 4 is 40.5 Å². The van der Waals surface area contributed by atoms with Gasteiger partial charge >= 0.3 is 98.7 Å². The van der Waals surface area contributed by atoms with E-state index in [0.29, 0.717) is 13.6 Å². The summed E-state index contributed by atoms with van der Waals surface area (Å²) in [6.07, 6.45) is 0.735. The average molecular weight is 427 g/mol. The first-order valence-electron chi connectivity index (χ1n) is 3.65. The maximum absolute atomic E-state index is 10.9. The van der Waals surface area contributed by atoms with Crippen LogP contribution in [0.4, 0.5) is 0 Å². The van der Waals surface area contributed by atoms with E-state index in [1.807, 2.05) is 0 Å². The van der Waals surface area contributed by atoms with Gasteiger partial charge in [-0.1, -0.05) is 0 Å². The van der Waals surface area contributed by atoms with Crippen LogP contribution in [0, 0.1) is 0 Å². The molecule has 0 atom stereocenters. The average Bonchev–Trinajstić information content (AvgIpc) is 1.96. The van der Waals surface area contributed by atoms with Gasteiger partial charge < -0.3 is 0 Å². The molecule has 12 heavy (non-hydrogen) atoms. The predicted molar refractivity (Wildman–Crippen MR) is 58.6 cm³/mol. The topological polar surface area (TPSA) is 26.3 Å². The first kappa shape index (κ1) is 13.5. The predicted octanol–water partition coefficient (Wildman–Crippen LogP) is -0.769. The van der Waals surface area contributed by atoms with Crippen molar-refractivity contribution < 1.29 is 26.1 Å². The van der Waals surface area contributed by atoms with Crippen molar-refractivity contribution in [3.05, 3.63) is 0 Å². The van der Waals surface area contributed by atoms with Crippen molar-refractivity contribution in [1.82, 2.24) is 0 Å². The van der Waals surface area contributed by atoms with Crippen LogP contribution in [0.3, 0.4) is 0 Å². The van der Waals surface area contributed by atoms with Gasteiger partial charge in [0.1, 0.15) is 0 Å². The number of carbonyl (C=O) groups is 1. The SMILES string of the molecule is C[Si](C)(C)O[Si]CCC(=O)[I-]I. The Morgan fingerprint density at radius 1 is 1.58 bits per heavy atom. The molecule has 72 valence electrons. The van der Waals surface area contributed by atoms with Crippen LogP contribution in [0.15, 0.2) is 0 Å². The summed E-state index contributed by atoms with van der Waals surface area (Å²) >= 11 is 2.00. The van der Waals surface area contributed by atoms with Crippen molar-refractivity contribution in [2.45, 2.75) is 32.1 Å². The van der Waals surface area contributed by atoms with Crippen LogP contribution in [-0.2, 0) is 8.91 Å². The molecule has 0 amide bonds. The monoisotopic (exact) mass is 427 g/mol. The van der Waals surface area contributed by atoms with Crippen LogP contribution < -0.4 is 17.2 Å². The van der Waals surface area contributed by atoms with Crippen LogP contribution in [0.25, 0.3) is 0 Å². The molecule has 6 heteroatoms. The van der Waals surface area contributed by atoms with E-state index >= 15 is 0 Å². The number of hydrogen-bond acceptors (Lipinski definition) is 2. The second-order valence-corrected chi connectivity index (χ2v) is 13.5. The molecule has 0 heterocycles. The summed E-state index contributed by atoms with van der Waals surface area (Å²) < 4.78 is 6.09. The summed E-state index contributed by atoms with van der Waals surface area (Å²) in [6, 6.07) is 0.936. The molecule has 2 nitrogen and oxygen atoms in total. The molecule has 0 aromatic carbocycles. The Kier molecular flexibility index (Phi) is 7.78. The van der Waals surface area contributed by atoms with E-state index in [1.165, 1.54) is 0 Å². The molecule has 0 aliphatic rings. The molecule has 0 fully saturated rings. The third-order valence-corrected chi connectivity index (χ3v) is 8.41. The second-order valence-electron chi connectivity index (χ2n) is 3.29. The van der Waals surface area contributed by atoms with Gasteiger partial charge in [0.15, 0.2) is 0 Å². The fourth-order valence-electron chi connectivity index (χ4n) is 0.453. The summed E-state index contributed by atoms with van der Waals surface area (Å²) in [7, 11) is -0.797. The van der Waals surface area contributed by atoms with Crippen molar-refractivity contribution in [1.29, 1.82) is 0 Å². The minimum atomic E-state index is -1.33. The Morgan fingerprint density at radius 2 is 2.17 bits per heavy atom. The van der Waals surface area contributed by atoms with Crippen LogP contribution in [-0.4, -0.2) is 21.9 Å². The molecule has 0 N–H and O–H groups in total. The van der Waals surface area contributed by atoms with E-state index in [9.17, 15) is 4.79 Å². The zero-order valence-corrected chi connectivity index (χ0v) is 13.8. The molecule has 0 aliphatic heterocycles. The van der Waals surface area contributed by atoms with Crippen molar-refractivity contribution in [3.63, 3.8) is 0 Å². The van der Waals surface area contributed by atoms with E-state index in [4.69, 9.17) is 4.12 Å². The van der Waals surface area contributed by atoms with Crippen molar-refractivity contribution in [2.24, 2.45) is 0 Å². The molecule has 0 saturated heterocycles. The Balaban J connectivity index is 3.28. The maximum atomic E-state index is 10.9. The fourth-order valence-corrected chi connectivity index (χ4v) is 5.27. The van der Waals surface area contributed by atoms with E-state index < -0.39 is 8.32 Å². The zero-order valence-electron chi connectivity index (χ0n) is 7.49. The molecular formula is C6H13I2O2Si2-. The van der Waals surface area contributed by atoms with E-state index in [0.717, 1.165) is 12.5 Å². The van der Waals surface area contributed by atoms with Gasteiger partial charge in [-0.25, -0.2) is 0 Å². The van der Waals surface area contributed by atoms with Crippen LogP contribution in [0.2, 0.25) is 25.7 Å². The molecule has 0 saturated carbocycles. The summed E-state index contributed by atoms with van der Waals surface area (Å²) in [6.45, 7) is 6.52. The zero-order chi connectivity index (χ0) is 9.61. The van der Waals surface area contributed by atoms with Gasteiger partial charge in [0, 0.05) is 0 Å². The molecule has 0 aromatic heterocycles. The second kappa shape index (κ2) is 6.90. The van der Waals surface area contributed by atoms with Crippen LogP contribution in [0.1, 0.15) is 6.42 Å². The first-order valence-corrected chi connectivity index (χ1v) is 15.5.